The van der Waals surface area contributed by atoms with Crippen LogP contribution in [0.1, 0.15) is 25.7 Å². The number of para-hydroxylation sites is 2. The van der Waals surface area contributed by atoms with E-state index in [0.29, 0.717) is 26.2 Å². The maximum Gasteiger partial charge on any atom is 0.310 e. The number of amides is 1. The lowest BCUT2D eigenvalue weighted by Gasteiger charge is -2.32. The first kappa shape index (κ1) is 19.1. The number of hydrogen-bond acceptors (Lipinski definition) is 6. The second-order valence-corrected chi connectivity index (χ2v) is 5.92. The Labute approximate surface area is 147 Å². The second kappa shape index (κ2) is 9.95. The summed E-state index contributed by atoms with van der Waals surface area (Å²) in [6, 6.07) is 6.16. The summed E-state index contributed by atoms with van der Waals surface area (Å²) in [6.07, 6.45) is 2.88. The molecule has 8 nitrogen and oxygen atoms in total. The molecule has 1 amide bonds. The maximum absolute atomic E-state index is 12.2. The molecule has 0 unspecified atom stereocenters. The fourth-order valence-electron chi connectivity index (χ4n) is 2.74. The first-order chi connectivity index (χ1) is 12.1. The highest BCUT2D eigenvalue weighted by molar-refractivity contribution is 5.76. The first-order valence-electron chi connectivity index (χ1n) is 8.57. The van der Waals surface area contributed by atoms with Gasteiger partial charge in [0.2, 0.25) is 5.91 Å². The van der Waals surface area contributed by atoms with Gasteiger partial charge in [-0.25, -0.2) is 0 Å². The zero-order valence-electron chi connectivity index (χ0n) is 14.3. The summed E-state index contributed by atoms with van der Waals surface area (Å²) in [5.74, 6) is 0.186. The van der Waals surface area contributed by atoms with Crippen LogP contribution in [0.25, 0.3) is 0 Å². The van der Waals surface area contributed by atoms with Crippen molar-refractivity contribution >= 4 is 11.6 Å². The van der Waals surface area contributed by atoms with Crippen molar-refractivity contribution < 1.29 is 19.2 Å². The van der Waals surface area contributed by atoms with E-state index in [9.17, 15) is 14.9 Å². The van der Waals surface area contributed by atoms with Crippen LogP contribution in [0.3, 0.4) is 0 Å². The molecule has 2 N–H and O–H groups in total. The number of nitrogens with two attached hydrogens (primary N) is 1. The molecule has 1 aromatic carbocycles. The van der Waals surface area contributed by atoms with Crippen LogP contribution in [0, 0.1) is 10.1 Å². The zero-order chi connectivity index (χ0) is 18.1. The van der Waals surface area contributed by atoms with Gasteiger partial charge in [0.15, 0.2) is 5.75 Å². The van der Waals surface area contributed by atoms with Gasteiger partial charge in [0.25, 0.3) is 0 Å². The minimum atomic E-state index is -0.493. The molecule has 1 fully saturated rings. The Kier molecular flexibility index (Phi) is 7.62. The number of rotatable bonds is 9. The van der Waals surface area contributed by atoms with Crippen molar-refractivity contribution in [2.24, 2.45) is 5.73 Å². The van der Waals surface area contributed by atoms with Crippen LogP contribution >= 0.6 is 0 Å². The van der Waals surface area contributed by atoms with Crippen LogP contribution in [0.5, 0.6) is 5.75 Å². The minimum Gasteiger partial charge on any atom is -0.486 e. The van der Waals surface area contributed by atoms with Gasteiger partial charge in [0.05, 0.1) is 24.1 Å². The molecule has 0 aromatic heterocycles. The van der Waals surface area contributed by atoms with Crippen LogP contribution in [-0.2, 0) is 9.53 Å². The highest BCUT2D eigenvalue weighted by atomic mass is 16.6. The predicted molar refractivity (Wildman–Crippen MR) is 92.4 cm³/mol. The number of nitro groups is 1. The Morgan fingerprint density at radius 3 is 2.68 bits per heavy atom. The number of likely N-dealkylation sites (tertiary alicyclic amines) is 1. The molecule has 25 heavy (non-hydrogen) atoms. The van der Waals surface area contributed by atoms with Crippen molar-refractivity contribution in [2.45, 2.75) is 31.8 Å². The van der Waals surface area contributed by atoms with Crippen LogP contribution in [0.4, 0.5) is 5.69 Å². The van der Waals surface area contributed by atoms with Crippen LogP contribution in [0.15, 0.2) is 24.3 Å². The highest BCUT2D eigenvalue weighted by Gasteiger charge is 2.23. The molecule has 8 heteroatoms. The van der Waals surface area contributed by atoms with Crippen LogP contribution in [0.2, 0.25) is 0 Å². The number of carbonyl (C=O) groups excluding carboxylic acids is 1. The monoisotopic (exact) mass is 351 g/mol. The molecule has 1 heterocycles. The number of hydrogen-bond donors (Lipinski definition) is 1. The summed E-state index contributed by atoms with van der Waals surface area (Å²) in [6.45, 7) is 2.74. The fraction of sp³-hybridized carbons (Fsp3) is 0.588. The van der Waals surface area contributed by atoms with Gasteiger partial charge in [-0.05, 0) is 31.9 Å². The average molecular weight is 351 g/mol. The molecule has 0 bridgehead atoms. The molecular weight excluding hydrogens is 326 g/mol. The zero-order valence-corrected chi connectivity index (χ0v) is 14.3. The van der Waals surface area contributed by atoms with E-state index in [1.807, 2.05) is 0 Å². The Morgan fingerprint density at radius 1 is 1.28 bits per heavy atom. The van der Waals surface area contributed by atoms with Gasteiger partial charge in [-0.2, -0.15) is 0 Å². The fourth-order valence-corrected chi connectivity index (χ4v) is 2.74. The van der Waals surface area contributed by atoms with Gasteiger partial charge < -0.3 is 20.1 Å². The summed E-state index contributed by atoms with van der Waals surface area (Å²) in [5.41, 5.74) is 5.35. The van der Waals surface area contributed by atoms with Crippen molar-refractivity contribution in [1.82, 2.24) is 4.90 Å². The van der Waals surface area contributed by atoms with Gasteiger partial charge in [-0.15, -0.1) is 0 Å². The molecule has 2 rings (SSSR count). The molecule has 0 spiro atoms. The van der Waals surface area contributed by atoms with Gasteiger partial charge >= 0.3 is 5.69 Å². The van der Waals surface area contributed by atoms with E-state index >= 15 is 0 Å². The van der Waals surface area contributed by atoms with E-state index in [1.165, 1.54) is 12.1 Å². The molecule has 1 aliphatic heterocycles. The Bertz CT molecular complexity index is 573. The van der Waals surface area contributed by atoms with Crippen molar-refractivity contribution in [3.8, 4) is 5.75 Å². The predicted octanol–water partition coefficient (Wildman–Crippen LogP) is 1.72. The number of ether oxygens (including phenoxy) is 2. The second-order valence-electron chi connectivity index (χ2n) is 5.92. The summed E-state index contributed by atoms with van der Waals surface area (Å²) in [4.78, 5) is 24.5. The maximum atomic E-state index is 12.2. The van der Waals surface area contributed by atoms with E-state index in [2.05, 4.69) is 0 Å². The smallest absolute Gasteiger partial charge is 0.310 e. The topological polar surface area (TPSA) is 108 Å². The molecule has 0 radical (unpaired) electrons. The van der Waals surface area contributed by atoms with Crippen molar-refractivity contribution in [1.29, 1.82) is 0 Å². The summed E-state index contributed by atoms with van der Waals surface area (Å²) in [5, 5.41) is 10.9. The Hall–Kier alpha value is -2.19. The SMILES string of the molecule is NCCCOC1CCN(C(=O)CCOc2ccccc2[N+](=O)[O-])CC1. The molecule has 0 saturated carbocycles. The lowest BCUT2D eigenvalue weighted by molar-refractivity contribution is -0.385. The molecule has 0 atom stereocenters. The Morgan fingerprint density at radius 2 is 2.00 bits per heavy atom. The summed E-state index contributed by atoms with van der Waals surface area (Å²) < 4.78 is 11.1. The normalized spacial score (nSPS) is 15.2. The van der Waals surface area contributed by atoms with Crippen LogP contribution in [-0.4, -0.2) is 54.7 Å². The third-order valence-corrected chi connectivity index (χ3v) is 4.13. The lowest BCUT2D eigenvalue weighted by atomic mass is 10.1. The average Bonchev–Trinajstić information content (AvgIpc) is 2.62. The standard InChI is InChI=1S/C17H25N3O5/c18-9-3-12-24-14-6-10-19(11-7-14)17(21)8-13-25-16-5-2-1-4-15(16)20(22)23/h1-2,4-5,14H,3,6-13,18H2. The van der Waals surface area contributed by atoms with E-state index < -0.39 is 4.92 Å². The quantitative estimate of drug-likeness (QED) is 0.412. The number of piperidine rings is 1. The van der Waals surface area contributed by atoms with Gasteiger partial charge in [-0.3, -0.25) is 14.9 Å². The third-order valence-electron chi connectivity index (χ3n) is 4.13. The van der Waals surface area contributed by atoms with Gasteiger partial charge in [0.1, 0.15) is 0 Å². The number of nitro benzene ring substituents is 1. The largest absolute Gasteiger partial charge is 0.486 e. The van der Waals surface area contributed by atoms with E-state index in [1.54, 1.807) is 17.0 Å². The molecule has 1 saturated heterocycles. The number of nitrogens with zero attached hydrogens (tertiary/aromatic N) is 2. The first-order valence-corrected chi connectivity index (χ1v) is 8.57. The van der Waals surface area contributed by atoms with Gasteiger partial charge in [-0.1, -0.05) is 12.1 Å². The van der Waals surface area contributed by atoms with Crippen molar-refractivity contribution in [3.05, 3.63) is 34.4 Å². The Balaban J connectivity index is 1.70. The van der Waals surface area contributed by atoms with E-state index in [-0.39, 0.29) is 36.5 Å². The number of benzene rings is 1. The molecule has 1 aromatic rings. The van der Waals surface area contributed by atoms with E-state index in [4.69, 9.17) is 15.2 Å². The third kappa shape index (κ3) is 5.99. The van der Waals surface area contributed by atoms with Crippen molar-refractivity contribution in [3.63, 3.8) is 0 Å². The lowest BCUT2D eigenvalue weighted by Crippen LogP contribution is -2.41. The highest BCUT2D eigenvalue weighted by Crippen LogP contribution is 2.26. The van der Waals surface area contributed by atoms with Crippen LogP contribution < -0.4 is 10.5 Å². The van der Waals surface area contributed by atoms with E-state index in [0.717, 1.165) is 19.3 Å². The van der Waals surface area contributed by atoms with Gasteiger partial charge in [0, 0.05) is 25.8 Å². The molecule has 138 valence electrons. The van der Waals surface area contributed by atoms with Crippen molar-refractivity contribution in [2.75, 3.05) is 32.8 Å². The molecular formula is C17H25N3O5. The molecule has 1 aliphatic rings. The summed E-state index contributed by atoms with van der Waals surface area (Å²) >= 11 is 0. The number of carbonyl (C=O) groups is 1. The molecule has 0 aliphatic carbocycles. The summed E-state index contributed by atoms with van der Waals surface area (Å²) in [7, 11) is 0. The minimum absolute atomic E-state index is 0.000933.